The van der Waals surface area contributed by atoms with Gasteiger partial charge in [0.2, 0.25) is 0 Å². The number of rotatable bonds is 4. The van der Waals surface area contributed by atoms with Crippen molar-refractivity contribution in [2.24, 2.45) is 0 Å². The first-order chi connectivity index (χ1) is 8.93. The fourth-order valence-corrected chi connectivity index (χ4v) is 1.71. The lowest BCUT2D eigenvalue weighted by atomic mass is 10.3. The summed E-state index contributed by atoms with van der Waals surface area (Å²) in [6.07, 6.45) is 5.06. The molecule has 1 aromatic rings. The zero-order valence-electron chi connectivity index (χ0n) is 9.69. The fourth-order valence-electron chi connectivity index (χ4n) is 1.26. The third-order valence-corrected chi connectivity index (χ3v) is 2.72. The average molecular weight is 329 g/mol. The molecule has 0 heterocycles. The molecule has 2 amide bonds. The van der Waals surface area contributed by atoms with Crippen LogP contribution in [0.5, 0.6) is 0 Å². The lowest BCUT2D eigenvalue weighted by molar-refractivity contribution is -0.137. The van der Waals surface area contributed by atoms with Crippen molar-refractivity contribution >= 4 is 33.6 Å². The van der Waals surface area contributed by atoms with E-state index in [0.717, 1.165) is 4.90 Å². The Morgan fingerprint density at radius 1 is 1.53 bits per heavy atom. The van der Waals surface area contributed by atoms with Gasteiger partial charge < -0.3 is 15.3 Å². The number of carbonyl (C=O) groups is 2. The second kappa shape index (κ2) is 6.75. The number of anilines is 1. The smallest absolute Gasteiger partial charge is 0.323 e. The Hall–Kier alpha value is -2.07. The minimum Gasteiger partial charge on any atom is -0.480 e. The fraction of sp³-hybridized carbons (Fsp3) is 0.167. The third-order valence-electron chi connectivity index (χ3n) is 2.07. The molecular formula is C12H10BrFN2O3. The van der Waals surface area contributed by atoms with E-state index in [2.05, 4.69) is 27.2 Å². The summed E-state index contributed by atoms with van der Waals surface area (Å²) in [5.74, 6) is 0.554. The number of urea groups is 1. The van der Waals surface area contributed by atoms with Gasteiger partial charge in [-0.15, -0.1) is 6.42 Å². The summed E-state index contributed by atoms with van der Waals surface area (Å²) < 4.78 is 13.2. The van der Waals surface area contributed by atoms with Crippen molar-refractivity contribution < 1.29 is 19.1 Å². The molecule has 0 aromatic heterocycles. The standard InChI is InChI=1S/C12H10BrFN2O3/c1-2-5-16(7-11(17)18)12(19)15-10-4-3-8(14)6-9(10)13/h1,3-4,6H,5,7H2,(H,15,19)(H,17,18). The lowest BCUT2D eigenvalue weighted by Crippen LogP contribution is -2.39. The van der Waals surface area contributed by atoms with Crippen LogP contribution in [0.4, 0.5) is 14.9 Å². The summed E-state index contributed by atoms with van der Waals surface area (Å²) >= 11 is 3.08. The van der Waals surface area contributed by atoms with Crippen LogP contribution in [0.3, 0.4) is 0 Å². The zero-order chi connectivity index (χ0) is 14.4. The van der Waals surface area contributed by atoms with Crippen molar-refractivity contribution in [2.75, 3.05) is 18.4 Å². The number of amides is 2. The first-order valence-electron chi connectivity index (χ1n) is 5.10. The molecule has 0 aliphatic carbocycles. The number of hydrogen-bond donors (Lipinski definition) is 2. The van der Waals surface area contributed by atoms with Crippen LogP contribution in [0.2, 0.25) is 0 Å². The first kappa shape index (κ1) is 15.0. The number of benzene rings is 1. The number of carboxylic acids is 1. The molecule has 0 bridgehead atoms. The second-order valence-corrected chi connectivity index (χ2v) is 4.36. The van der Waals surface area contributed by atoms with E-state index in [1.807, 2.05) is 0 Å². The summed E-state index contributed by atoms with van der Waals surface area (Å²) in [6, 6.07) is 3.03. The van der Waals surface area contributed by atoms with Gasteiger partial charge in [0.05, 0.1) is 12.2 Å². The van der Waals surface area contributed by atoms with Crippen LogP contribution in [-0.2, 0) is 4.79 Å². The highest BCUT2D eigenvalue weighted by Gasteiger charge is 2.16. The molecule has 0 aliphatic heterocycles. The van der Waals surface area contributed by atoms with Crippen LogP contribution in [-0.4, -0.2) is 35.1 Å². The molecule has 0 atom stereocenters. The van der Waals surface area contributed by atoms with E-state index in [-0.39, 0.29) is 6.54 Å². The Morgan fingerprint density at radius 2 is 2.21 bits per heavy atom. The summed E-state index contributed by atoms with van der Waals surface area (Å²) in [6.45, 7) is -0.661. The van der Waals surface area contributed by atoms with E-state index in [1.165, 1.54) is 18.2 Å². The average Bonchev–Trinajstić information content (AvgIpc) is 2.31. The van der Waals surface area contributed by atoms with Gasteiger partial charge in [-0.3, -0.25) is 4.79 Å². The van der Waals surface area contributed by atoms with Crippen molar-refractivity contribution in [3.05, 3.63) is 28.5 Å². The van der Waals surface area contributed by atoms with Crippen LogP contribution in [0.1, 0.15) is 0 Å². The molecule has 7 heteroatoms. The van der Waals surface area contributed by atoms with Crippen LogP contribution in [0.15, 0.2) is 22.7 Å². The van der Waals surface area contributed by atoms with Crippen LogP contribution in [0.25, 0.3) is 0 Å². The first-order valence-corrected chi connectivity index (χ1v) is 5.89. The quantitative estimate of drug-likeness (QED) is 0.832. The van der Waals surface area contributed by atoms with Gasteiger partial charge in [0.1, 0.15) is 12.4 Å². The number of carboxylic acid groups (broad SMARTS) is 1. The highest BCUT2D eigenvalue weighted by atomic mass is 79.9. The minimum absolute atomic E-state index is 0.142. The van der Waals surface area contributed by atoms with Gasteiger partial charge in [-0.1, -0.05) is 5.92 Å². The maximum Gasteiger partial charge on any atom is 0.323 e. The maximum absolute atomic E-state index is 12.9. The van der Waals surface area contributed by atoms with Crippen molar-refractivity contribution in [1.29, 1.82) is 0 Å². The molecule has 0 aliphatic rings. The van der Waals surface area contributed by atoms with Gasteiger partial charge in [0.15, 0.2) is 0 Å². The van der Waals surface area contributed by atoms with Crippen LogP contribution >= 0.6 is 15.9 Å². The Bertz CT molecular complexity index is 542. The Morgan fingerprint density at radius 3 is 2.74 bits per heavy atom. The monoisotopic (exact) mass is 328 g/mol. The van der Waals surface area contributed by atoms with E-state index in [9.17, 15) is 14.0 Å². The third kappa shape index (κ3) is 4.60. The van der Waals surface area contributed by atoms with Gasteiger partial charge >= 0.3 is 12.0 Å². The van der Waals surface area contributed by atoms with Gasteiger partial charge in [-0.25, -0.2) is 9.18 Å². The summed E-state index contributed by atoms with van der Waals surface area (Å²) in [5.41, 5.74) is 0.318. The molecule has 1 aromatic carbocycles. The summed E-state index contributed by atoms with van der Waals surface area (Å²) in [5, 5.41) is 11.1. The zero-order valence-corrected chi connectivity index (χ0v) is 11.3. The summed E-state index contributed by atoms with van der Waals surface area (Å²) in [7, 11) is 0. The molecule has 0 spiro atoms. The Kier molecular flexibility index (Phi) is 5.33. The number of halogens is 2. The van der Waals surface area contributed by atoms with E-state index >= 15 is 0 Å². The van der Waals surface area contributed by atoms with Crippen molar-refractivity contribution in [2.45, 2.75) is 0 Å². The number of aliphatic carboxylic acids is 1. The SMILES string of the molecule is C#CCN(CC(=O)O)C(=O)Nc1ccc(F)cc1Br. The molecule has 5 nitrogen and oxygen atoms in total. The molecule has 1 rings (SSSR count). The highest BCUT2D eigenvalue weighted by Crippen LogP contribution is 2.23. The van der Waals surface area contributed by atoms with E-state index in [1.54, 1.807) is 0 Å². The molecule has 0 radical (unpaired) electrons. The molecule has 100 valence electrons. The number of hydrogen-bond acceptors (Lipinski definition) is 2. The molecule has 0 fully saturated rings. The second-order valence-electron chi connectivity index (χ2n) is 3.51. The van der Waals surface area contributed by atoms with E-state index < -0.39 is 24.4 Å². The van der Waals surface area contributed by atoms with Gasteiger partial charge in [-0.05, 0) is 34.1 Å². The van der Waals surface area contributed by atoms with Gasteiger partial charge in [-0.2, -0.15) is 0 Å². The summed E-state index contributed by atoms with van der Waals surface area (Å²) in [4.78, 5) is 23.4. The molecule has 0 unspecified atom stereocenters. The van der Waals surface area contributed by atoms with Crippen LogP contribution < -0.4 is 5.32 Å². The topological polar surface area (TPSA) is 69.6 Å². The van der Waals surface area contributed by atoms with Gasteiger partial charge in [0.25, 0.3) is 0 Å². The number of nitrogens with zero attached hydrogens (tertiary/aromatic N) is 1. The van der Waals surface area contributed by atoms with Crippen molar-refractivity contribution in [3.8, 4) is 12.3 Å². The molecule has 0 saturated heterocycles. The number of nitrogens with one attached hydrogen (secondary N) is 1. The predicted octanol–water partition coefficient (Wildman–Crippen LogP) is 2.14. The van der Waals surface area contributed by atoms with Gasteiger partial charge in [0, 0.05) is 4.47 Å². The minimum atomic E-state index is -1.18. The predicted molar refractivity (Wildman–Crippen MR) is 71.2 cm³/mol. The Labute approximate surface area is 117 Å². The Balaban J connectivity index is 2.81. The molecule has 2 N–H and O–H groups in total. The van der Waals surface area contributed by atoms with Crippen molar-refractivity contribution in [3.63, 3.8) is 0 Å². The molecule has 19 heavy (non-hydrogen) atoms. The largest absolute Gasteiger partial charge is 0.480 e. The highest BCUT2D eigenvalue weighted by molar-refractivity contribution is 9.10. The number of terminal acetylenes is 1. The normalized spacial score (nSPS) is 9.53. The molecule has 0 saturated carbocycles. The number of carbonyl (C=O) groups excluding carboxylic acids is 1. The van der Waals surface area contributed by atoms with E-state index in [0.29, 0.717) is 10.2 Å². The molecular weight excluding hydrogens is 319 g/mol. The lowest BCUT2D eigenvalue weighted by Gasteiger charge is -2.19. The maximum atomic E-state index is 12.9. The van der Waals surface area contributed by atoms with Crippen molar-refractivity contribution in [1.82, 2.24) is 4.90 Å². The van der Waals surface area contributed by atoms with Crippen LogP contribution in [0, 0.1) is 18.2 Å². The van der Waals surface area contributed by atoms with E-state index in [4.69, 9.17) is 11.5 Å².